The molecule has 0 radical (unpaired) electrons. The van der Waals surface area contributed by atoms with Crippen molar-refractivity contribution in [1.82, 2.24) is 0 Å². The first kappa shape index (κ1) is 8.80. The lowest BCUT2D eigenvalue weighted by Crippen LogP contribution is -2.40. The standard InChI is InChI=1S/C3H6BrNO4/c1-3(4,2(6)7)5(8)9/h2,6-7H,1H3. The van der Waals surface area contributed by atoms with Crippen LogP contribution in [0.15, 0.2) is 0 Å². The molecule has 0 aromatic heterocycles. The van der Waals surface area contributed by atoms with Crippen LogP contribution in [-0.2, 0) is 0 Å². The van der Waals surface area contributed by atoms with E-state index in [0.717, 1.165) is 6.92 Å². The molecule has 6 heteroatoms. The Bertz CT molecular complexity index is 123. The number of hydrogen-bond acceptors (Lipinski definition) is 4. The maximum absolute atomic E-state index is 9.90. The van der Waals surface area contributed by atoms with Gasteiger partial charge in [-0.3, -0.25) is 10.1 Å². The van der Waals surface area contributed by atoms with Crippen LogP contribution in [0, 0.1) is 10.1 Å². The second kappa shape index (κ2) is 2.59. The van der Waals surface area contributed by atoms with Crippen LogP contribution < -0.4 is 0 Å². The highest BCUT2D eigenvalue weighted by Gasteiger charge is 2.41. The van der Waals surface area contributed by atoms with Gasteiger partial charge in [0.25, 0.3) is 0 Å². The molecule has 0 aliphatic rings. The fourth-order valence-corrected chi connectivity index (χ4v) is 0.0943. The largest absolute Gasteiger partial charge is 0.362 e. The van der Waals surface area contributed by atoms with Gasteiger partial charge >= 0.3 is 4.45 Å². The lowest BCUT2D eigenvalue weighted by Gasteiger charge is -2.14. The maximum Gasteiger partial charge on any atom is 0.321 e. The number of rotatable bonds is 2. The van der Waals surface area contributed by atoms with E-state index in [-0.39, 0.29) is 0 Å². The molecule has 5 nitrogen and oxygen atoms in total. The molecule has 54 valence electrons. The zero-order valence-corrected chi connectivity index (χ0v) is 6.20. The van der Waals surface area contributed by atoms with Crippen molar-refractivity contribution in [2.75, 3.05) is 0 Å². The molecule has 0 saturated heterocycles. The van der Waals surface area contributed by atoms with Crippen LogP contribution in [0.5, 0.6) is 0 Å². The molecule has 2 N–H and O–H groups in total. The number of nitro groups is 1. The highest BCUT2D eigenvalue weighted by atomic mass is 79.9. The smallest absolute Gasteiger partial charge is 0.321 e. The maximum atomic E-state index is 9.90. The molecule has 0 bridgehead atoms. The number of aliphatic hydroxyl groups is 2. The molecule has 9 heavy (non-hydrogen) atoms. The van der Waals surface area contributed by atoms with Gasteiger partial charge in [-0.05, 0) is 0 Å². The minimum atomic E-state index is -1.99. The van der Waals surface area contributed by atoms with E-state index in [1.165, 1.54) is 0 Å². The monoisotopic (exact) mass is 199 g/mol. The molecule has 0 amide bonds. The van der Waals surface area contributed by atoms with Crippen molar-refractivity contribution >= 4 is 15.9 Å². The van der Waals surface area contributed by atoms with E-state index < -0.39 is 15.7 Å². The summed E-state index contributed by atoms with van der Waals surface area (Å²) >= 11 is 2.51. The van der Waals surface area contributed by atoms with Crippen molar-refractivity contribution in [2.45, 2.75) is 17.7 Å². The second-order valence-corrected chi connectivity index (χ2v) is 3.26. The second-order valence-electron chi connectivity index (χ2n) is 1.65. The average molecular weight is 200 g/mol. The summed E-state index contributed by atoms with van der Waals surface area (Å²) in [6.45, 7) is 1.05. The Morgan fingerprint density at radius 2 is 2.11 bits per heavy atom. The van der Waals surface area contributed by atoms with Crippen LogP contribution in [0.4, 0.5) is 0 Å². The summed E-state index contributed by atoms with van der Waals surface area (Å²) < 4.78 is -1.85. The van der Waals surface area contributed by atoms with E-state index >= 15 is 0 Å². The molecule has 0 aromatic rings. The number of hydrogen-bond donors (Lipinski definition) is 2. The molecule has 1 atom stereocenters. The number of nitrogens with zero attached hydrogens (tertiary/aromatic N) is 1. The Balaban J connectivity index is 4.19. The summed E-state index contributed by atoms with van der Waals surface area (Å²) in [4.78, 5) is 9.08. The lowest BCUT2D eigenvalue weighted by molar-refractivity contribution is -0.555. The Labute approximate surface area is 59.6 Å². The molecule has 0 aliphatic heterocycles. The first-order chi connectivity index (χ1) is 3.89. The zero-order chi connectivity index (χ0) is 7.65. The quantitative estimate of drug-likeness (QED) is 0.210. The van der Waals surface area contributed by atoms with Crippen molar-refractivity contribution in [3.05, 3.63) is 10.1 Å². The summed E-state index contributed by atoms with van der Waals surface area (Å²) in [5.74, 6) is 0. The Morgan fingerprint density at radius 1 is 1.78 bits per heavy atom. The molecule has 0 heterocycles. The van der Waals surface area contributed by atoms with Crippen LogP contribution in [0.3, 0.4) is 0 Å². The Hall–Kier alpha value is -0.200. The van der Waals surface area contributed by atoms with E-state index in [9.17, 15) is 10.1 Å². The van der Waals surface area contributed by atoms with Gasteiger partial charge in [0.15, 0.2) is 0 Å². The van der Waals surface area contributed by atoms with Crippen LogP contribution >= 0.6 is 15.9 Å². The summed E-state index contributed by atoms with van der Waals surface area (Å²) in [6, 6.07) is 0. The van der Waals surface area contributed by atoms with Gasteiger partial charge in [0.2, 0.25) is 6.29 Å². The van der Waals surface area contributed by atoms with E-state index in [0.29, 0.717) is 0 Å². The minimum Gasteiger partial charge on any atom is -0.362 e. The van der Waals surface area contributed by atoms with Crippen molar-refractivity contribution in [1.29, 1.82) is 0 Å². The third-order valence-electron chi connectivity index (χ3n) is 0.828. The van der Waals surface area contributed by atoms with Crippen LogP contribution in [0.2, 0.25) is 0 Å². The molecule has 0 fully saturated rings. The third-order valence-corrected chi connectivity index (χ3v) is 1.53. The van der Waals surface area contributed by atoms with Gasteiger partial charge in [-0.25, -0.2) is 0 Å². The summed E-state index contributed by atoms with van der Waals surface area (Å²) in [6.07, 6.45) is -1.99. The van der Waals surface area contributed by atoms with Gasteiger partial charge in [0, 0.05) is 27.8 Å². The number of aliphatic hydroxyl groups excluding tert-OH is 1. The molecule has 1 unspecified atom stereocenters. The van der Waals surface area contributed by atoms with Crippen molar-refractivity contribution in [2.24, 2.45) is 0 Å². The van der Waals surface area contributed by atoms with Crippen LogP contribution in [0.1, 0.15) is 6.92 Å². The summed E-state index contributed by atoms with van der Waals surface area (Å²) in [5, 5.41) is 26.5. The van der Waals surface area contributed by atoms with Gasteiger partial charge in [-0.2, -0.15) is 0 Å². The lowest BCUT2D eigenvalue weighted by atomic mass is 10.3. The fraction of sp³-hybridized carbons (Fsp3) is 1.00. The molecule has 0 aliphatic carbocycles. The van der Waals surface area contributed by atoms with Gasteiger partial charge in [0.1, 0.15) is 0 Å². The van der Waals surface area contributed by atoms with Crippen molar-refractivity contribution < 1.29 is 15.1 Å². The Morgan fingerprint density at radius 3 is 2.11 bits per heavy atom. The van der Waals surface area contributed by atoms with Gasteiger partial charge in [-0.1, -0.05) is 0 Å². The topological polar surface area (TPSA) is 83.6 Å². The first-order valence-electron chi connectivity index (χ1n) is 2.08. The predicted molar refractivity (Wildman–Crippen MR) is 32.6 cm³/mol. The van der Waals surface area contributed by atoms with E-state index in [1.54, 1.807) is 0 Å². The van der Waals surface area contributed by atoms with E-state index in [1.807, 2.05) is 0 Å². The van der Waals surface area contributed by atoms with E-state index in [2.05, 4.69) is 15.9 Å². The number of halogens is 1. The van der Waals surface area contributed by atoms with Crippen molar-refractivity contribution in [3.63, 3.8) is 0 Å². The summed E-state index contributed by atoms with van der Waals surface area (Å²) in [5.41, 5.74) is 0. The van der Waals surface area contributed by atoms with Gasteiger partial charge < -0.3 is 10.2 Å². The predicted octanol–water partition coefficient (Wildman–Crippen LogP) is -0.315. The molecular weight excluding hydrogens is 194 g/mol. The van der Waals surface area contributed by atoms with Crippen LogP contribution in [0.25, 0.3) is 0 Å². The SMILES string of the molecule is CC(Br)(C(O)O)[N+](=O)[O-]. The molecule has 0 aromatic carbocycles. The van der Waals surface area contributed by atoms with Gasteiger partial charge in [-0.15, -0.1) is 0 Å². The molecular formula is C3H6BrNO4. The minimum absolute atomic E-state index is 0.822. The normalized spacial score (nSPS) is 17.4. The third kappa shape index (κ3) is 1.88. The van der Waals surface area contributed by atoms with Crippen molar-refractivity contribution in [3.8, 4) is 0 Å². The molecule has 0 spiro atoms. The van der Waals surface area contributed by atoms with Crippen LogP contribution in [-0.4, -0.2) is 25.9 Å². The fourth-order valence-electron chi connectivity index (χ4n) is 0.0943. The Kier molecular flexibility index (Phi) is 2.53. The highest BCUT2D eigenvalue weighted by molar-refractivity contribution is 9.10. The van der Waals surface area contributed by atoms with E-state index in [4.69, 9.17) is 10.2 Å². The molecule has 0 rings (SSSR count). The first-order valence-corrected chi connectivity index (χ1v) is 2.88. The summed E-state index contributed by atoms with van der Waals surface area (Å²) in [7, 11) is 0. The highest BCUT2D eigenvalue weighted by Crippen LogP contribution is 2.20. The number of alkyl halides is 1. The molecule has 0 saturated carbocycles. The van der Waals surface area contributed by atoms with Gasteiger partial charge in [0.05, 0.1) is 0 Å². The average Bonchev–Trinajstić information content (AvgIpc) is 1.65. The zero-order valence-electron chi connectivity index (χ0n) is 4.61.